The minimum absolute atomic E-state index is 0.0524. The zero-order valence-corrected chi connectivity index (χ0v) is 12.9. The molecule has 1 N–H and O–H groups in total. The second-order valence-corrected chi connectivity index (χ2v) is 5.65. The number of ether oxygens (including phenoxy) is 1. The van der Waals surface area contributed by atoms with E-state index in [0.717, 1.165) is 13.0 Å². The van der Waals surface area contributed by atoms with Gasteiger partial charge < -0.3 is 10.1 Å². The molecule has 0 spiro atoms. The first-order chi connectivity index (χ1) is 9.02. The second kappa shape index (κ2) is 8.61. The van der Waals surface area contributed by atoms with E-state index in [9.17, 15) is 8.78 Å². The Labute approximate surface area is 121 Å². The number of benzene rings is 1. The van der Waals surface area contributed by atoms with Crippen molar-refractivity contribution in [3.05, 3.63) is 33.8 Å². The summed E-state index contributed by atoms with van der Waals surface area (Å²) < 4.78 is 32.7. The van der Waals surface area contributed by atoms with Crippen LogP contribution >= 0.6 is 15.9 Å². The van der Waals surface area contributed by atoms with E-state index in [0.29, 0.717) is 19.1 Å². The maximum absolute atomic E-state index is 13.6. The Morgan fingerprint density at radius 1 is 1.26 bits per heavy atom. The predicted molar refractivity (Wildman–Crippen MR) is 76.0 cm³/mol. The molecule has 0 saturated carbocycles. The molecule has 0 aromatic heterocycles. The first-order valence-corrected chi connectivity index (χ1v) is 7.22. The van der Waals surface area contributed by atoms with Crippen LogP contribution in [0.5, 0.6) is 0 Å². The number of halogens is 3. The summed E-state index contributed by atoms with van der Waals surface area (Å²) in [5, 5.41) is 2.97. The summed E-state index contributed by atoms with van der Waals surface area (Å²) in [4.78, 5) is 0. The first kappa shape index (κ1) is 16.5. The van der Waals surface area contributed by atoms with Crippen molar-refractivity contribution >= 4 is 15.9 Å². The van der Waals surface area contributed by atoms with Crippen LogP contribution in [0.4, 0.5) is 8.78 Å². The highest BCUT2D eigenvalue weighted by atomic mass is 79.9. The van der Waals surface area contributed by atoms with Crippen molar-refractivity contribution in [2.24, 2.45) is 5.92 Å². The van der Waals surface area contributed by atoms with Crippen molar-refractivity contribution in [3.8, 4) is 0 Å². The molecule has 1 aromatic rings. The molecule has 108 valence electrons. The van der Waals surface area contributed by atoms with Crippen LogP contribution in [0.3, 0.4) is 0 Å². The van der Waals surface area contributed by atoms with Gasteiger partial charge in [0, 0.05) is 25.3 Å². The average molecular weight is 336 g/mol. The molecule has 0 atom stereocenters. The second-order valence-electron chi connectivity index (χ2n) is 4.79. The monoisotopic (exact) mass is 335 g/mol. The van der Waals surface area contributed by atoms with Crippen molar-refractivity contribution in [2.45, 2.75) is 26.8 Å². The standard InChI is InChI=1S/C14H20BrF2NO/c1-10(2)5-7-19-8-6-18-9-11-13(16)4-3-12(15)14(11)17/h3-4,10,18H,5-9H2,1-2H3. The van der Waals surface area contributed by atoms with Gasteiger partial charge >= 0.3 is 0 Å². The van der Waals surface area contributed by atoms with Gasteiger partial charge in [0.15, 0.2) is 0 Å². The van der Waals surface area contributed by atoms with Gasteiger partial charge in [0.2, 0.25) is 0 Å². The first-order valence-electron chi connectivity index (χ1n) is 6.43. The molecule has 0 unspecified atom stereocenters. The summed E-state index contributed by atoms with van der Waals surface area (Å²) in [5.74, 6) is -0.458. The van der Waals surface area contributed by atoms with E-state index in [4.69, 9.17) is 4.74 Å². The summed E-state index contributed by atoms with van der Waals surface area (Å²) in [5.41, 5.74) is 0.0524. The van der Waals surface area contributed by atoms with Crippen molar-refractivity contribution < 1.29 is 13.5 Å². The molecule has 0 bridgehead atoms. The Morgan fingerprint density at radius 3 is 2.68 bits per heavy atom. The molecule has 1 rings (SSSR count). The van der Waals surface area contributed by atoms with Gasteiger partial charge in [0.1, 0.15) is 11.6 Å². The molecule has 0 amide bonds. The lowest BCUT2D eigenvalue weighted by molar-refractivity contribution is 0.125. The molecule has 0 aliphatic heterocycles. The van der Waals surface area contributed by atoms with E-state index in [1.807, 2.05) is 0 Å². The quantitative estimate of drug-likeness (QED) is 0.575. The zero-order chi connectivity index (χ0) is 14.3. The summed E-state index contributed by atoms with van der Waals surface area (Å²) >= 11 is 3.04. The molecule has 5 heteroatoms. The molecule has 0 radical (unpaired) electrons. The Kier molecular flexibility index (Phi) is 7.49. The zero-order valence-electron chi connectivity index (χ0n) is 11.3. The summed E-state index contributed by atoms with van der Waals surface area (Å²) in [6, 6.07) is 2.62. The van der Waals surface area contributed by atoms with Crippen molar-refractivity contribution in [3.63, 3.8) is 0 Å². The Hall–Kier alpha value is -0.520. The largest absolute Gasteiger partial charge is 0.380 e. The fourth-order valence-corrected chi connectivity index (χ4v) is 1.88. The number of nitrogens with one attached hydrogen (secondary N) is 1. The van der Waals surface area contributed by atoms with Crippen LogP contribution in [0.2, 0.25) is 0 Å². The maximum Gasteiger partial charge on any atom is 0.144 e. The molecule has 2 nitrogen and oxygen atoms in total. The minimum atomic E-state index is -0.548. The molecular formula is C14H20BrF2NO. The van der Waals surface area contributed by atoms with E-state index in [1.165, 1.54) is 12.1 Å². The topological polar surface area (TPSA) is 21.3 Å². The van der Waals surface area contributed by atoms with Gasteiger partial charge in [-0.05, 0) is 40.4 Å². The molecule has 19 heavy (non-hydrogen) atoms. The third-order valence-electron chi connectivity index (χ3n) is 2.70. The average Bonchev–Trinajstić information content (AvgIpc) is 2.36. The summed E-state index contributed by atoms with van der Waals surface area (Å²) in [7, 11) is 0. The molecular weight excluding hydrogens is 316 g/mol. The maximum atomic E-state index is 13.6. The molecule has 1 aromatic carbocycles. The SMILES string of the molecule is CC(C)CCOCCNCc1c(F)ccc(Br)c1F. The van der Waals surface area contributed by atoms with Crippen molar-refractivity contribution in [2.75, 3.05) is 19.8 Å². The smallest absolute Gasteiger partial charge is 0.144 e. The predicted octanol–water partition coefficient (Wildman–Crippen LogP) is 3.88. The highest BCUT2D eigenvalue weighted by Crippen LogP contribution is 2.21. The molecule has 0 fully saturated rings. The molecule has 0 aliphatic rings. The Bertz CT molecular complexity index is 399. The van der Waals surface area contributed by atoms with E-state index >= 15 is 0 Å². The Morgan fingerprint density at radius 2 is 2.00 bits per heavy atom. The molecule has 0 heterocycles. The number of rotatable bonds is 8. The minimum Gasteiger partial charge on any atom is -0.380 e. The van der Waals surface area contributed by atoms with Crippen LogP contribution in [0.15, 0.2) is 16.6 Å². The number of hydrogen-bond acceptors (Lipinski definition) is 2. The highest BCUT2D eigenvalue weighted by Gasteiger charge is 2.11. The molecule has 0 saturated heterocycles. The van der Waals surface area contributed by atoms with Gasteiger partial charge in [-0.2, -0.15) is 0 Å². The van der Waals surface area contributed by atoms with Crippen LogP contribution < -0.4 is 5.32 Å². The van der Waals surface area contributed by atoms with E-state index in [2.05, 4.69) is 35.1 Å². The van der Waals surface area contributed by atoms with Gasteiger partial charge in [-0.1, -0.05) is 13.8 Å². The lowest BCUT2D eigenvalue weighted by Gasteiger charge is -2.09. The van der Waals surface area contributed by atoms with Gasteiger partial charge in [0.25, 0.3) is 0 Å². The van der Waals surface area contributed by atoms with Crippen LogP contribution in [-0.4, -0.2) is 19.8 Å². The van der Waals surface area contributed by atoms with Gasteiger partial charge in [-0.15, -0.1) is 0 Å². The fraction of sp³-hybridized carbons (Fsp3) is 0.571. The van der Waals surface area contributed by atoms with Crippen molar-refractivity contribution in [1.82, 2.24) is 5.32 Å². The number of hydrogen-bond donors (Lipinski definition) is 1. The summed E-state index contributed by atoms with van der Waals surface area (Å²) in [6.45, 7) is 6.28. The van der Waals surface area contributed by atoms with E-state index < -0.39 is 11.6 Å². The van der Waals surface area contributed by atoms with Crippen LogP contribution in [0.1, 0.15) is 25.8 Å². The lowest BCUT2D eigenvalue weighted by atomic mass is 10.1. The van der Waals surface area contributed by atoms with Crippen LogP contribution in [-0.2, 0) is 11.3 Å². The summed E-state index contributed by atoms with van der Waals surface area (Å²) in [6.07, 6.45) is 1.02. The van der Waals surface area contributed by atoms with Crippen LogP contribution in [0, 0.1) is 17.6 Å². The van der Waals surface area contributed by atoms with E-state index in [1.54, 1.807) is 0 Å². The van der Waals surface area contributed by atoms with Crippen molar-refractivity contribution in [1.29, 1.82) is 0 Å². The third-order valence-corrected chi connectivity index (χ3v) is 3.32. The lowest BCUT2D eigenvalue weighted by Crippen LogP contribution is -2.21. The van der Waals surface area contributed by atoms with Gasteiger partial charge in [-0.3, -0.25) is 0 Å². The van der Waals surface area contributed by atoms with Crippen LogP contribution in [0.25, 0.3) is 0 Å². The van der Waals surface area contributed by atoms with E-state index in [-0.39, 0.29) is 16.6 Å². The highest BCUT2D eigenvalue weighted by molar-refractivity contribution is 9.10. The fourth-order valence-electron chi connectivity index (χ4n) is 1.51. The normalized spacial score (nSPS) is 11.3. The van der Waals surface area contributed by atoms with Gasteiger partial charge in [0.05, 0.1) is 11.1 Å². The third kappa shape index (κ3) is 5.97. The Balaban J connectivity index is 2.25. The molecule has 0 aliphatic carbocycles. The van der Waals surface area contributed by atoms with Gasteiger partial charge in [-0.25, -0.2) is 8.78 Å².